The van der Waals surface area contributed by atoms with E-state index in [0.717, 1.165) is 49.0 Å². The third-order valence-corrected chi connectivity index (χ3v) is 7.70. The quantitative estimate of drug-likeness (QED) is 0.693. The molecule has 2 aliphatic rings. The van der Waals surface area contributed by atoms with Crippen molar-refractivity contribution in [2.45, 2.75) is 48.6 Å². The zero-order valence-corrected chi connectivity index (χ0v) is 17.5. The van der Waals surface area contributed by atoms with Gasteiger partial charge in [-0.1, -0.05) is 30.3 Å². The van der Waals surface area contributed by atoms with Crippen LogP contribution in [0.4, 0.5) is 17.5 Å². The van der Waals surface area contributed by atoms with E-state index in [1.807, 2.05) is 0 Å². The molecule has 2 fully saturated rings. The molecule has 0 amide bonds. The Morgan fingerprint density at radius 2 is 1.96 bits per heavy atom. The van der Waals surface area contributed by atoms with Crippen LogP contribution in [0.3, 0.4) is 0 Å². The lowest BCUT2D eigenvalue weighted by Gasteiger charge is -2.42. The van der Waals surface area contributed by atoms with Crippen molar-refractivity contribution in [3.63, 3.8) is 0 Å². The van der Waals surface area contributed by atoms with E-state index in [1.165, 1.54) is 18.2 Å². The molecule has 2 aromatic heterocycles. The first-order valence-electron chi connectivity index (χ1n) is 9.59. The summed E-state index contributed by atoms with van der Waals surface area (Å²) in [5.74, 6) is 2.22. The largest absolute Gasteiger partial charge is 0.382 e. The average Bonchev–Trinajstić information content (AvgIpc) is 2.94. The topological polar surface area (TPSA) is 120 Å². The van der Waals surface area contributed by atoms with Crippen molar-refractivity contribution in [2.75, 3.05) is 29.5 Å². The fraction of sp³-hybridized carbons (Fsp3) is 0.526. The number of hydrogen-bond acceptors (Lipinski definition) is 8. The molecule has 6 N–H and O–H groups in total. The van der Waals surface area contributed by atoms with E-state index in [2.05, 4.69) is 26.8 Å². The first kappa shape index (κ1) is 19.5. The molecule has 2 aromatic rings. The van der Waals surface area contributed by atoms with Crippen molar-refractivity contribution in [2.24, 2.45) is 17.1 Å². The predicted octanol–water partition coefficient (Wildman–Crippen LogP) is 3.18. The van der Waals surface area contributed by atoms with E-state index in [1.54, 1.807) is 18.5 Å². The monoisotopic (exact) mass is 419 g/mol. The SMILES string of the molecule is CC1CC(N)C2(CCN(c3cnc(Sc4ccnc(N)c4Cl)c(N)n3)CC2)C1. The van der Waals surface area contributed by atoms with Gasteiger partial charge in [-0.25, -0.2) is 15.0 Å². The Morgan fingerprint density at radius 1 is 1.21 bits per heavy atom. The molecule has 1 aliphatic heterocycles. The second-order valence-corrected chi connectivity index (χ2v) is 9.44. The van der Waals surface area contributed by atoms with Crippen molar-refractivity contribution in [1.29, 1.82) is 0 Å². The van der Waals surface area contributed by atoms with Gasteiger partial charge >= 0.3 is 0 Å². The van der Waals surface area contributed by atoms with Crippen molar-refractivity contribution < 1.29 is 0 Å². The van der Waals surface area contributed by atoms with Gasteiger partial charge < -0.3 is 22.1 Å². The van der Waals surface area contributed by atoms with Crippen molar-refractivity contribution in [3.05, 3.63) is 23.5 Å². The fourth-order valence-corrected chi connectivity index (χ4v) is 5.62. The zero-order chi connectivity index (χ0) is 19.9. The Bertz CT molecular complexity index is 869. The molecule has 1 spiro atoms. The van der Waals surface area contributed by atoms with Crippen molar-refractivity contribution in [1.82, 2.24) is 15.0 Å². The van der Waals surface area contributed by atoms with E-state index in [9.17, 15) is 0 Å². The van der Waals surface area contributed by atoms with E-state index in [0.29, 0.717) is 27.3 Å². The van der Waals surface area contributed by atoms with Crippen molar-refractivity contribution in [3.8, 4) is 0 Å². The Balaban J connectivity index is 1.46. The van der Waals surface area contributed by atoms with Crippen LogP contribution in [0.2, 0.25) is 5.02 Å². The molecule has 7 nitrogen and oxygen atoms in total. The highest BCUT2D eigenvalue weighted by molar-refractivity contribution is 7.99. The molecule has 4 rings (SSSR count). The molecule has 150 valence electrons. The van der Waals surface area contributed by atoms with Crippen LogP contribution in [0.25, 0.3) is 0 Å². The first-order valence-corrected chi connectivity index (χ1v) is 10.8. The Kier molecular flexibility index (Phi) is 5.28. The molecule has 3 heterocycles. The predicted molar refractivity (Wildman–Crippen MR) is 114 cm³/mol. The number of hydrogen-bond donors (Lipinski definition) is 3. The molecular weight excluding hydrogens is 394 g/mol. The summed E-state index contributed by atoms with van der Waals surface area (Å²) in [6.07, 6.45) is 7.97. The summed E-state index contributed by atoms with van der Waals surface area (Å²) in [6, 6.07) is 2.10. The standard InChI is InChI=1S/C19H26ClN7S/c1-11-8-13(21)19(9-11)3-6-27(7-4-19)14-10-25-18(17(23)26-14)28-12-2-5-24-16(22)15(12)20/h2,5,10-11,13H,3-4,6-9,21H2,1H3,(H2,22,24)(H2,23,26). The highest BCUT2D eigenvalue weighted by Crippen LogP contribution is 2.48. The molecule has 9 heteroatoms. The third-order valence-electron chi connectivity index (χ3n) is 6.12. The van der Waals surface area contributed by atoms with Crippen LogP contribution in [0.1, 0.15) is 32.6 Å². The molecule has 0 bridgehead atoms. The van der Waals surface area contributed by atoms with Crippen LogP contribution >= 0.6 is 23.4 Å². The first-order chi connectivity index (χ1) is 13.4. The van der Waals surface area contributed by atoms with E-state index in [-0.39, 0.29) is 5.82 Å². The maximum absolute atomic E-state index is 6.47. The van der Waals surface area contributed by atoms with E-state index in [4.69, 9.17) is 28.8 Å². The number of aromatic nitrogens is 3. The lowest BCUT2D eigenvalue weighted by atomic mass is 9.74. The maximum atomic E-state index is 6.47. The van der Waals surface area contributed by atoms with Crippen LogP contribution in [-0.2, 0) is 0 Å². The minimum Gasteiger partial charge on any atom is -0.382 e. The lowest BCUT2D eigenvalue weighted by Crippen LogP contribution is -2.47. The third kappa shape index (κ3) is 3.60. The molecule has 2 atom stereocenters. The van der Waals surface area contributed by atoms with Gasteiger partial charge in [-0.05, 0) is 43.1 Å². The number of piperidine rings is 1. The Hall–Kier alpha value is -1.77. The summed E-state index contributed by atoms with van der Waals surface area (Å²) in [5.41, 5.74) is 18.7. The molecular formula is C19H26ClN7S. The smallest absolute Gasteiger partial charge is 0.158 e. The van der Waals surface area contributed by atoms with E-state index >= 15 is 0 Å². The molecule has 1 saturated heterocycles. The minimum atomic E-state index is 0.288. The summed E-state index contributed by atoms with van der Waals surface area (Å²) in [4.78, 5) is 16.1. The normalized spacial score (nSPS) is 24.0. The van der Waals surface area contributed by atoms with E-state index < -0.39 is 0 Å². The number of nitrogens with two attached hydrogens (primary N) is 3. The second-order valence-electron chi connectivity index (χ2n) is 8.03. The summed E-state index contributed by atoms with van der Waals surface area (Å²) in [5, 5.41) is 1.01. The van der Waals surface area contributed by atoms with Gasteiger partial charge in [0.15, 0.2) is 5.82 Å². The number of nitrogen functional groups attached to an aromatic ring is 2. The average molecular weight is 420 g/mol. The van der Waals surface area contributed by atoms with Gasteiger partial charge in [0.2, 0.25) is 0 Å². The van der Waals surface area contributed by atoms with Crippen LogP contribution < -0.4 is 22.1 Å². The van der Waals surface area contributed by atoms with Crippen LogP contribution in [-0.4, -0.2) is 34.1 Å². The van der Waals surface area contributed by atoms with Crippen LogP contribution in [0, 0.1) is 11.3 Å². The molecule has 1 aliphatic carbocycles. The number of halogens is 1. The highest BCUT2D eigenvalue weighted by Gasteiger charge is 2.45. The van der Waals surface area contributed by atoms with Gasteiger partial charge in [0.25, 0.3) is 0 Å². The van der Waals surface area contributed by atoms with Gasteiger partial charge in [0.1, 0.15) is 16.7 Å². The number of pyridine rings is 1. The van der Waals surface area contributed by atoms with Crippen LogP contribution in [0.5, 0.6) is 0 Å². The Labute approximate surface area is 174 Å². The number of nitrogens with zero attached hydrogens (tertiary/aromatic N) is 4. The number of rotatable bonds is 3. The van der Waals surface area contributed by atoms with Crippen LogP contribution in [0.15, 0.2) is 28.4 Å². The summed E-state index contributed by atoms with van der Waals surface area (Å²) >= 11 is 7.55. The van der Waals surface area contributed by atoms with Gasteiger partial charge in [-0.15, -0.1) is 0 Å². The molecule has 28 heavy (non-hydrogen) atoms. The number of anilines is 3. The zero-order valence-electron chi connectivity index (χ0n) is 15.9. The lowest BCUT2D eigenvalue weighted by molar-refractivity contribution is 0.193. The van der Waals surface area contributed by atoms with Gasteiger partial charge in [-0.3, -0.25) is 0 Å². The summed E-state index contributed by atoms with van der Waals surface area (Å²) in [7, 11) is 0. The maximum Gasteiger partial charge on any atom is 0.158 e. The minimum absolute atomic E-state index is 0.288. The van der Waals surface area contributed by atoms with Crippen molar-refractivity contribution >= 4 is 40.8 Å². The molecule has 2 unspecified atom stereocenters. The molecule has 1 saturated carbocycles. The molecule has 0 aromatic carbocycles. The second kappa shape index (κ2) is 7.57. The highest BCUT2D eigenvalue weighted by atomic mass is 35.5. The van der Waals surface area contributed by atoms with Gasteiger partial charge in [0, 0.05) is 30.2 Å². The summed E-state index contributed by atoms with van der Waals surface area (Å²) in [6.45, 7) is 4.19. The van der Waals surface area contributed by atoms with Gasteiger partial charge in [-0.2, -0.15) is 0 Å². The summed E-state index contributed by atoms with van der Waals surface area (Å²) < 4.78 is 0. The Morgan fingerprint density at radius 3 is 2.61 bits per heavy atom. The van der Waals surface area contributed by atoms with Gasteiger partial charge in [0.05, 0.1) is 11.2 Å². The molecule has 0 radical (unpaired) electrons. The fourth-order valence-electron chi connectivity index (χ4n) is 4.61.